The van der Waals surface area contributed by atoms with Crippen LogP contribution in [0.2, 0.25) is 0 Å². The zero-order valence-electron chi connectivity index (χ0n) is 27.6. The molecule has 4 aromatic rings. The molecule has 0 saturated heterocycles. The van der Waals surface area contributed by atoms with E-state index in [0.717, 1.165) is 26.7 Å². The number of thiazole rings is 2. The molecule has 4 amide bonds. The average Bonchev–Trinajstić information content (AvgIpc) is 3.79. The Morgan fingerprint density at radius 3 is 2.31 bits per heavy atom. The number of carbonyl (C=O) groups excluding carboxylic acids is 3. The van der Waals surface area contributed by atoms with Gasteiger partial charge in [0, 0.05) is 30.6 Å². The molecule has 2 aromatic carbocycles. The summed E-state index contributed by atoms with van der Waals surface area (Å²) in [6, 6.07) is 17.7. The maximum Gasteiger partial charge on any atom is 0.407 e. The quantitative estimate of drug-likeness (QED) is 0.110. The van der Waals surface area contributed by atoms with E-state index in [2.05, 4.69) is 39.8 Å². The van der Waals surface area contributed by atoms with Crippen LogP contribution in [0, 0.1) is 0 Å². The van der Waals surface area contributed by atoms with E-state index < -0.39 is 12.1 Å². The first-order chi connectivity index (χ1) is 23.2. The van der Waals surface area contributed by atoms with Gasteiger partial charge in [-0.2, -0.15) is 0 Å². The summed E-state index contributed by atoms with van der Waals surface area (Å²) in [5.41, 5.74) is 10.4. The highest BCUT2D eigenvalue weighted by atomic mass is 32.1. The van der Waals surface area contributed by atoms with Gasteiger partial charge in [-0.15, -0.1) is 22.7 Å². The number of urea groups is 1. The van der Waals surface area contributed by atoms with Crippen molar-refractivity contribution in [2.45, 2.75) is 76.7 Å². The number of nitrogens with zero attached hydrogens (tertiary/aromatic N) is 3. The smallest absolute Gasteiger partial charge is 0.407 e. The number of nitrogens with one attached hydrogen (secondary N) is 3. The van der Waals surface area contributed by atoms with Gasteiger partial charge in [0.05, 0.1) is 33.7 Å². The van der Waals surface area contributed by atoms with Gasteiger partial charge in [-0.1, -0.05) is 74.5 Å². The first-order valence-electron chi connectivity index (χ1n) is 16.1. The summed E-state index contributed by atoms with van der Waals surface area (Å²) < 4.78 is 5.46. The van der Waals surface area contributed by atoms with Crippen molar-refractivity contribution in [2.75, 3.05) is 13.6 Å². The second-order valence-corrected chi connectivity index (χ2v) is 13.8. The summed E-state index contributed by atoms with van der Waals surface area (Å²) >= 11 is 2.99. The Hall–Kier alpha value is -4.33. The maximum absolute atomic E-state index is 13.7. The van der Waals surface area contributed by atoms with E-state index in [1.165, 1.54) is 16.2 Å². The lowest BCUT2D eigenvalue weighted by molar-refractivity contribution is -0.123. The van der Waals surface area contributed by atoms with Crippen molar-refractivity contribution in [2.24, 2.45) is 5.73 Å². The molecule has 0 saturated carbocycles. The lowest BCUT2D eigenvalue weighted by Crippen LogP contribution is -2.53. The summed E-state index contributed by atoms with van der Waals surface area (Å²) in [7, 11) is 1.68. The molecule has 11 nitrogen and oxygen atoms in total. The van der Waals surface area contributed by atoms with Crippen LogP contribution in [0.1, 0.15) is 71.8 Å². The highest BCUT2D eigenvalue weighted by Gasteiger charge is 2.26. The molecule has 2 aromatic heterocycles. The maximum atomic E-state index is 13.7. The molecule has 48 heavy (non-hydrogen) atoms. The minimum atomic E-state index is -0.824. The second-order valence-electron chi connectivity index (χ2n) is 11.9. The van der Waals surface area contributed by atoms with Gasteiger partial charge in [0.1, 0.15) is 12.6 Å². The summed E-state index contributed by atoms with van der Waals surface area (Å²) in [6.45, 7) is 4.84. The van der Waals surface area contributed by atoms with E-state index in [4.69, 9.17) is 10.5 Å². The number of alkyl carbamates (subject to hydrolysis) is 1. The number of benzene rings is 2. The Bertz CT molecular complexity index is 1550. The number of hydrogen-bond acceptors (Lipinski definition) is 9. The molecule has 2 heterocycles. The molecule has 3 atom stereocenters. The average molecular weight is 692 g/mol. The molecule has 0 bridgehead atoms. The Balaban J connectivity index is 1.42. The van der Waals surface area contributed by atoms with E-state index in [0.29, 0.717) is 31.7 Å². The first kappa shape index (κ1) is 36.5. The first-order valence-corrected chi connectivity index (χ1v) is 17.8. The molecule has 13 heteroatoms. The van der Waals surface area contributed by atoms with Crippen molar-refractivity contribution in [1.82, 2.24) is 30.8 Å². The SMILES string of the molecule is CC(C)c1nc(CN(C)C(=O)NC(CCN)C(=O)N[C@H](CC[C@@H](NC(=O)OCc2cncs2)c2ccccc2)Cc2ccccc2)cs1. The third kappa shape index (κ3) is 11.7. The van der Waals surface area contributed by atoms with E-state index in [9.17, 15) is 14.4 Å². The minimum absolute atomic E-state index is 0.136. The molecule has 0 aliphatic rings. The van der Waals surface area contributed by atoms with Crippen LogP contribution in [-0.4, -0.2) is 58.6 Å². The number of aromatic nitrogens is 2. The Morgan fingerprint density at radius 2 is 1.67 bits per heavy atom. The predicted molar refractivity (Wildman–Crippen MR) is 190 cm³/mol. The molecule has 0 radical (unpaired) electrons. The van der Waals surface area contributed by atoms with E-state index in [1.54, 1.807) is 30.1 Å². The molecule has 0 spiro atoms. The minimum Gasteiger partial charge on any atom is -0.444 e. The Kier molecular flexibility index (Phi) is 14.3. The van der Waals surface area contributed by atoms with Crippen molar-refractivity contribution in [3.63, 3.8) is 0 Å². The van der Waals surface area contributed by atoms with Crippen LogP contribution in [0.4, 0.5) is 9.59 Å². The van der Waals surface area contributed by atoms with Gasteiger partial charge in [-0.05, 0) is 43.4 Å². The summed E-state index contributed by atoms with van der Waals surface area (Å²) in [4.78, 5) is 50.7. The number of rotatable bonds is 17. The van der Waals surface area contributed by atoms with Gasteiger partial charge in [0.2, 0.25) is 5.91 Å². The van der Waals surface area contributed by atoms with Crippen LogP contribution in [0.15, 0.2) is 77.8 Å². The van der Waals surface area contributed by atoms with Crippen LogP contribution in [-0.2, 0) is 29.1 Å². The number of carbonyl (C=O) groups is 3. The van der Waals surface area contributed by atoms with Crippen LogP contribution in [0.3, 0.4) is 0 Å². The largest absolute Gasteiger partial charge is 0.444 e. The van der Waals surface area contributed by atoms with Gasteiger partial charge in [0.15, 0.2) is 0 Å². The van der Waals surface area contributed by atoms with Gasteiger partial charge in [0.25, 0.3) is 0 Å². The topological polar surface area (TPSA) is 152 Å². The Morgan fingerprint density at radius 1 is 0.938 bits per heavy atom. The molecule has 1 unspecified atom stereocenters. The van der Waals surface area contributed by atoms with Gasteiger partial charge < -0.3 is 31.3 Å². The normalized spacial score (nSPS) is 12.9. The fraction of sp³-hybridized carbons (Fsp3) is 0.400. The standard InChI is InChI=1S/C35H45N7O4S2/c1-24(2)33-39-28(22-47-33)20-42(3)34(44)40-31(16-17-36)32(43)38-27(18-25-10-6-4-7-11-25)14-15-30(26-12-8-5-9-13-26)41-35(45)46-21-29-19-37-23-48-29/h4-13,19,22-24,27,30-31H,14-18,20-21,36H2,1-3H3,(H,38,43)(H,40,44)(H,41,45)/t27-,30-,31?/m1/s1. The number of ether oxygens (including phenoxy) is 1. The van der Waals surface area contributed by atoms with Crippen LogP contribution < -0.4 is 21.7 Å². The van der Waals surface area contributed by atoms with E-state index in [-0.39, 0.29) is 43.6 Å². The molecule has 256 valence electrons. The van der Waals surface area contributed by atoms with Crippen molar-refractivity contribution in [1.29, 1.82) is 0 Å². The van der Waals surface area contributed by atoms with Gasteiger partial charge in [-0.25, -0.2) is 14.6 Å². The van der Waals surface area contributed by atoms with Crippen molar-refractivity contribution in [3.05, 3.63) is 104 Å². The molecule has 0 fully saturated rings. The van der Waals surface area contributed by atoms with Crippen molar-refractivity contribution >= 4 is 40.7 Å². The Labute approximate surface area is 290 Å². The van der Waals surface area contributed by atoms with E-state index in [1.807, 2.05) is 66.0 Å². The second kappa shape index (κ2) is 18.9. The summed E-state index contributed by atoms with van der Waals surface area (Å²) in [5, 5.41) is 12.0. The number of amides is 4. The third-order valence-electron chi connectivity index (χ3n) is 7.68. The molecule has 0 aliphatic heterocycles. The van der Waals surface area contributed by atoms with Crippen molar-refractivity contribution in [3.8, 4) is 0 Å². The zero-order chi connectivity index (χ0) is 34.3. The lowest BCUT2D eigenvalue weighted by atomic mass is 9.95. The third-order valence-corrected chi connectivity index (χ3v) is 9.62. The number of nitrogens with two attached hydrogens (primary N) is 1. The summed E-state index contributed by atoms with van der Waals surface area (Å²) in [6.07, 6.45) is 3.05. The fourth-order valence-corrected chi connectivity index (χ4v) is 6.44. The molecular formula is C35H45N7O4S2. The molecular weight excluding hydrogens is 647 g/mol. The molecule has 0 aliphatic carbocycles. The monoisotopic (exact) mass is 691 g/mol. The summed E-state index contributed by atoms with van der Waals surface area (Å²) in [5.74, 6) is -0.00170. The lowest BCUT2D eigenvalue weighted by Gasteiger charge is -2.27. The highest BCUT2D eigenvalue weighted by molar-refractivity contribution is 7.09. The zero-order valence-corrected chi connectivity index (χ0v) is 29.3. The van der Waals surface area contributed by atoms with E-state index >= 15 is 0 Å². The molecule has 5 N–H and O–H groups in total. The highest BCUT2D eigenvalue weighted by Crippen LogP contribution is 2.22. The predicted octanol–water partition coefficient (Wildman–Crippen LogP) is 5.76. The van der Waals surface area contributed by atoms with Gasteiger partial charge in [-0.3, -0.25) is 9.78 Å². The van der Waals surface area contributed by atoms with Crippen molar-refractivity contribution < 1.29 is 19.1 Å². The fourth-order valence-electron chi connectivity index (χ4n) is 5.10. The van der Waals surface area contributed by atoms with Crippen LogP contribution in [0.25, 0.3) is 0 Å². The van der Waals surface area contributed by atoms with Crippen LogP contribution >= 0.6 is 22.7 Å². The number of hydrogen-bond donors (Lipinski definition) is 4. The van der Waals surface area contributed by atoms with Crippen LogP contribution in [0.5, 0.6) is 0 Å². The molecule has 4 rings (SSSR count). The van der Waals surface area contributed by atoms with Gasteiger partial charge >= 0.3 is 12.1 Å².